The summed E-state index contributed by atoms with van der Waals surface area (Å²) in [5.41, 5.74) is 1.95. The molecule has 0 radical (unpaired) electrons. The van der Waals surface area contributed by atoms with E-state index >= 15 is 0 Å². The Bertz CT molecular complexity index is 1380. The summed E-state index contributed by atoms with van der Waals surface area (Å²) in [4.78, 5) is 26.1. The standard InChI is InChI=1S/C25H17Cl2NO5S2/c1-32-21-9-14(5-8-20(21)33-13-16-6-7-17(26)12-19(16)27)10-22-23(29)28(25(34)35-22)18-4-2-3-15(11-18)24(30)31/h2-12H,13H2,1H3,(H,30,31)/b22-10+. The van der Waals surface area contributed by atoms with Crippen LogP contribution in [0.15, 0.2) is 65.6 Å². The summed E-state index contributed by atoms with van der Waals surface area (Å²) in [5.74, 6) is -0.429. The lowest BCUT2D eigenvalue weighted by molar-refractivity contribution is -0.113. The van der Waals surface area contributed by atoms with Crippen LogP contribution in [0.3, 0.4) is 0 Å². The van der Waals surface area contributed by atoms with Crippen LogP contribution in [0.1, 0.15) is 21.5 Å². The number of thiocarbonyl (C=S) groups is 1. The number of carbonyl (C=O) groups is 2. The molecule has 0 aliphatic carbocycles. The van der Waals surface area contributed by atoms with Crippen molar-refractivity contribution in [3.05, 3.63) is 92.3 Å². The molecule has 0 saturated carbocycles. The van der Waals surface area contributed by atoms with Crippen molar-refractivity contribution in [3.63, 3.8) is 0 Å². The van der Waals surface area contributed by atoms with Gasteiger partial charge in [-0.3, -0.25) is 9.69 Å². The maximum absolute atomic E-state index is 13.1. The molecule has 1 fully saturated rings. The van der Waals surface area contributed by atoms with Gasteiger partial charge in [0, 0.05) is 15.6 Å². The third-order valence-electron chi connectivity index (χ3n) is 5.03. The predicted molar refractivity (Wildman–Crippen MR) is 143 cm³/mol. The first-order valence-corrected chi connectivity index (χ1v) is 12.1. The molecule has 35 heavy (non-hydrogen) atoms. The van der Waals surface area contributed by atoms with Crippen molar-refractivity contribution in [2.24, 2.45) is 0 Å². The summed E-state index contributed by atoms with van der Waals surface area (Å²) < 4.78 is 11.7. The second-order valence-corrected chi connectivity index (χ2v) is 9.83. The molecule has 1 N–H and O–H groups in total. The molecule has 6 nitrogen and oxygen atoms in total. The molecule has 3 aromatic carbocycles. The van der Waals surface area contributed by atoms with E-state index in [2.05, 4.69) is 0 Å². The molecule has 10 heteroatoms. The van der Waals surface area contributed by atoms with Gasteiger partial charge in [0.15, 0.2) is 15.8 Å². The number of rotatable bonds is 7. The van der Waals surface area contributed by atoms with E-state index in [9.17, 15) is 14.7 Å². The second kappa shape index (κ2) is 10.7. The monoisotopic (exact) mass is 545 g/mol. The van der Waals surface area contributed by atoms with Crippen molar-refractivity contribution in [3.8, 4) is 11.5 Å². The highest BCUT2D eigenvalue weighted by Gasteiger charge is 2.33. The molecule has 1 saturated heterocycles. The molecular formula is C25H17Cl2NO5S2. The van der Waals surface area contributed by atoms with Crippen molar-refractivity contribution < 1.29 is 24.2 Å². The van der Waals surface area contributed by atoms with Crippen molar-refractivity contribution in [1.29, 1.82) is 0 Å². The molecular weight excluding hydrogens is 529 g/mol. The predicted octanol–water partition coefficient (Wildman–Crippen LogP) is 6.69. The molecule has 0 bridgehead atoms. The van der Waals surface area contributed by atoms with Crippen molar-refractivity contribution >= 4 is 75.1 Å². The van der Waals surface area contributed by atoms with Crippen molar-refractivity contribution in [2.75, 3.05) is 12.0 Å². The Morgan fingerprint density at radius 1 is 1.11 bits per heavy atom. The van der Waals surface area contributed by atoms with Crippen molar-refractivity contribution in [2.45, 2.75) is 6.61 Å². The number of carbonyl (C=O) groups excluding carboxylic acids is 1. The molecule has 0 unspecified atom stereocenters. The van der Waals surface area contributed by atoms with E-state index in [0.717, 1.165) is 17.3 Å². The van der Waals surface area contributed by atoms with E-state index in [1.165, 1.54) is 24.1 Å². The van der Waals surface area contributed by atoms with Crippen LogP contribution in [-0.2, 0) is 11.4 Å². The first kappa shape index (κ1) is 25.1. The minimum atomic E-state index is -1.08. The van der Waals surface area contributed by atoms with Crippen LogP contribution in [0.2, 0.25) is 10.0 Å². The van der Waals surface area contributed by atoms with Gasteiger partial charge in [-0.25, -0.2) is 4.79 Å². The number of carboxylic acids is 1. The fraction of sp³-hybridized carbons (Fsp3) is 0.0800. The van der Waals surface area contributed by atoms with Crippen LogP contribution in [0.25, 0.3) is 6.08 Å². The number of anilines is 1. The number of amides is 1. The number of thioether (sulfide) groups is 1. The highest BCUT2D eigenvalue weighted by molar-refractivity contribution is 8.27. The smallest absolute Gasteiger partial charge is 0.335 e. The van der Waals surface area contributed by atoms with E-state index in [0.29, 0.717) is 42.0 Å². The largest absolute Gasteiger partial charge is 0.493 e. The zero-order chi connectivity index (χ0) is 25.1. The third kappa shape index (κ3) is 5.62. The molecule has 1 amide bonds. The van der Waals surface area contributed by atoms with E-state index < -0.39 is 5.97 Å². The van der Waals surface area contributed by atoms with Gasteiger partial charge < -0.3 is 14.6 Å². The highest BCUT2D eigenvalue weighted by Crippen LogP contribution is 2.37. The summed E-state index contributed by atoms with van der Waals surface area (Å²) >= 11 is 18.7. The Morgan fingerprint density at radius 2 is 1.91 bits per heavy atom. The van der Waals surface area contributed by atoms with Crippen LogP contribution < -0.4 is 14.4 Å². The van der Waals surface area contributed by atoms with Gasteiger partial charge in [-0.15, -0.1) is 0 Å². The van der Waals surface area contributed by atoms with Gasteiger partial charge in [-0.1, -0.05) is 65.4 Å². The van der Waals surface area contributed by atoms with Gasteiger partial charge >= 0.3 is 5.97 Å². The fourth-order valence-electron chi connectivity index (χ4n) is 3.31. The van der Waals surface area contributed by atoms with Crippen LogP contribution in [0.5, 0.6) is 11.5 Å². The zero-order valence-electron chi connectivity index (χ0n) is 18.2. The average molecular weight is 546 g/mol. The number of carboxylic acid groups (broad SMARTS) is 1. The minimum Gasteiger partial charge on any atom is -0.493 e. The Kier molecular flexibility index (Phi) is 7.66. The number of ether oxygens (including phenoxy) is 2. The van der Waals surface area contributed by atoms with E-state index in [4.69, 9.17) is 44.9 Å². The molecule has 0 spiro atoms. The van der Waals surface area contributed by atoms with Gasteiger partial charge in [-0.2, -0.15) is 0 Å². The maximum Gasteiger partial charge on any atom is 0.335 e. The SMILES string of the molecule is COc1cc(/C=C2/SC(=S)N(c3cccc(C(=O)O)c3)C2=O)ccc1OCc1ccc(Cl)cc1Cl. The number of hydrogen-bond donors (Lipinski definition) is 1. The lowest BCUT2D eigenvalue weighted by Crippen LogP contribution is -2.27. The Morgan fingerprint density at radius 3 is 2.63 bits per heavy atom. The molecule has 1 aliphatic rings. The van der Waals surface area contributed by atoms with Crippen LogP contribution in [-0.4, -0.2) is 28.4 Å². The maximum atomic E-state index is 13.1. The number of aromatic carboxylic acids is 1. The molecule has 178 valence electrons. The van der Waals surface area contributed by atoms with Crippen LogP contribution in [0, 0.1) is 0 Å². The molecule has 1 aliphatic heterocycles. The normalized spacial score (nSPS) is 14.5. The van der Waals surface area contributed by atoms with E-state index in [1.54, 1.807) is 54.6 Å². The van der Waals surface area contributed by atoms with Gasteiger partial charge in [0.05, 0.1) is 23.3 Å². The summed E-state index contributed by atoms with van der Waals surface area (Å²) in [7, 11) is 1.52. The summed E-state index contributed by atoms with van der Waals surface area (Å²) in [6.45, 7) is 0.222. The second-order valence-electron chi connectivity index (χ2n) is 7.31. The van der Waals surface area contributed by atoms with Gasteiger partial charge in [0.25, 0.3) is 5.91 Å². The minimum absolute atomic E-state index is 0.0701. The number of methoxy groups -OCH3 is 1. The first-order valence-electron chi connectivity index (χ1n) is 10.1. The van der Waals surface area contributed by atoms with Gasteiger partial charge in [-0.05, 0) is 54.1 Å². The number of nitrogens with zero attached hydrogens (tertiary/aromatic N) is 1. The number of halogens is 2. The highest BCUT2D eigenvalue weighted by atomic mass is 35.5. The Labute approximate surface area is 221 Å². The molecule has 3 aromatic rings. The van der Waals surface area contributed by atoms with Crippen LogP contribution >= 0.6 is 47.2 Å². The van der Waals surface area contributed by atoms with E-state index in [-0.39, 0.29) is 18.1 Å². The quantitative estimate of drug-likeness (QED) is 0.262. The Hall–Kier alpha value is -3.04. The molecule has 4 rings (SSSR count). The van der Waals surface area contributed by atoms with E-state index in [1.807, 2.05) is 0 Å². The molecule has 0 aromatic heterocycles. The fourth-order valence-corrected chi connectivity index (χ4v) is 5.07. The number of hydrogen-bond acceptors (Lipinski definition) is 6. The van der Waals surface area contributed by atoms with Crippen molar-refractivity contribution in [1.82, 2.24) is 0 Å². The van der Waals surface area contributed by atoms with Gasteiger partial charge in [0.2, 0.25) is 0 Å². The summed E-state index contributed by atoms with van der Waals surface area (Å²) in [5, 5.41) is 10.3. The summed E-state index contributed by atoms with van der Waals surface area (Å²) in [6, 6.07) is 16.5. The first-order chi connectivity index (χ1) is 16.8. The lowest BCUT2D eigenvalue weighted by Gasteiger charge is -2.15. The topological polar surface area (TPSA) is 76.1 Å². The zero-order valence-corrected chi connectivity index (χ0v) is 21.3. The van der Waals surface area contributed by atoms with Gasteiger partial charge in [0.1, 0.15) is 6.61 Å². The number of benzene rings is 3. The Balaban J connectivity index is 1.54. The third-order valence-corrected chi connectivity index (χ3v) is 6.92. The van der Waals surface area contributed by atoms with Crippen LogP contribution in [0.4, 0.5) is 5.69 Å². The lowest BCUT2D eigenvalue weighted by atomic mass is 10.1. The average Bonchev–Trinajstić information content (AvgIpc) is 3.11. The molecule has 0 atom stereocenters. The molecule has 1 heterocycles. The summed E-state index contributed by atoms with van der Waals surface area (Å²) in [6.07, 6.45) is 1.70.